The Bertz CT molecular complexity index is 1190. The lowest BCUT2D eigenvalue weighted by molar-refractivity contribution is 0.122. The van der Waals surface area contributed by atoms with E-state index in [2.05, 4.69) is 60.6 Å². The Hall–Kier alpha value is -3.51. The normalized spacial score (nSPS) is 15.9. The summed E-state index contributed by atoms with van der Waals surface area (Å²) in [6, 6.07) is 21.1. The third-order valence-electron chi connectivity index (χ3n) is 6.08. The molecule has 0 amide bonds. The van der Waals surface area contributed by atoms with Crippen molar-refractivity contribution in [3.63, 3.8) is 0 Å². The zero-order valence-corrected chi connectivity index (χ0v) is 18.9. The molecule has 0 bridgehead atoms. The van der Waals surface area contributed by atoms with Crippen LogP contribution in [0.2, 0.25) is 0 Å². The third kappa shape index (κ3) is 4.52. The van der Waals surface area contributed by atoms with Gasteiger partial charge in [-0.25, -0.2) is 9.38 Å². The third-order valence-corrected chi connectivity index (χ3v) is 6.08. The van der Waals surface area contributed by atoms with Gasteiger partial charge in [0.05, 0.1) is 24.6 Å². The Labute approximate surface area is 193 Å². The molecule has 5 nitrogen and oxygen atoms in total. The van der Waals surface area contributed by atoms with Crippen molar-refractivity contribution in [2.24, 2.45) is 10.1 Å². The van der Waals surface area contributed by atoms with Crippen LogP contribution in [0, 0.1) is 5.82 Å². The summed E-state index contributed by atoms with van der Waals surface area (Å²) in [4.78, 5) is 7.19. The molecule has 0 atom stereocenters. The van der Waals surface area contributed by atoms with Crippen LogP contribution in [-0.2, 0) is 4.74 Å². The van der Waals surface area contributed by atoms with Gasteiger partial charge in [-0.05, 0) is 60.0 Å². The van der Waals surface area contributed by atoms with Gasteiger partial charge in [-0.15, -0.1) is 0 Å². The van der Waals surface area contributed by atoms with Crippen LogP contribution >= 0.6 is 0 Å². The molecule has 0 aromatic heterocycles. The molecule has 33 heavy (non-hydrogen) atoms. The first kappa shape index (κ1) is 21.3. The Balaban J connectivity index is 1.55. The molecule has 1 N–H and O–H groups in total. The molecular weight excluding hydrogens is 415 g/mol. The van der Waals surface area contributed by atoms with E-state index in [0.29, 0.717) is 11.8 Å². The van der Waals surface area contributed by atoms with E-state index in [1.165, 1.54) is 23.4 Å². The lowest BCUT2D eigenvalue weighted by Gasteiger charge is -2.29. The minimum absolute atomic E-state index is 0.278. The summed E-state index contributed by atoms with van der Waals surface area (Å²) in [5.74, 6) is 0.699. The van der Waals surface area contributed by atoms with Gasteiger partial charge >= 0.3 is 0 Å². The van der Waals surface area contributed by atoms with Gasteiger partial charge in [-0.2, -0.15) is 5.10 Å². The van der Waals surface area contributed by atoms with Gasteiger partial charge in [-0.1, -0.05) is 32.0 Å². The smallest absolute Gasteiger partial charge is 0.154 e. The maximum Gasteiger partial charge on any atom is 0.154 e. The molecule has 5 rings (SSSR count). The van der Waals surface area contributed by atoms with Crippen LogP contribution in [0.1, 0.15) is 42.0 Å². The topological polar surface area (TPSA) is 49.2 Å². The molecule has 2 aliphatic rings. The summed E-state index contributed by atoms with van der Waals surface area (Å²) in [7, 11) is 0. The minimum atomic E-state index is -0.278. The maximum absolute atomic E-state index is 13.4. The first-order valence-electron chi connectivity index (χ1n) is 11.3. The summed E-state index contributed by atoms with van der Waals surface area (Å²) in [6.45, 7) is 7.67. The molecule has 0 aliphatic carbocycles. The zero-order valence-electron chi connectivity index (χ0n) is 18.9. The molecule has 3 aromatic carbocycles. The van der Waals surface area contributed by atoms with Gasteiger partial charge < -0.3 is 9.64 Å². The number of hydrogen-bond acceptors (Lipinski definition) is 5. The SMILES string of the molecule is CC(C)c1ccc2c(c1)C(c1ccc(N3CCOCC3)cc1)=NNC(c1ccc(F)cc1)=N2. The summed E-state index contributed by atoms with van der Waals surface area (Å²) in [5, 5.41) is 4.77. The number of amidine groups is 1. The lowest BCUT2D eigenvalue weighted by atomic mass is 9.94. The van der Waals surface area contributed by atoms with E-state index < -0.39 is 0 Å². The number of anilines is 1. The van der Waals surface area contributed by atoms with E-state index in [1.807, 2.05) is 6.07 Å². The number of hydrogen-bond donors (Lipinski definition) is 1. The second-order valence-corrected chi connectivity index (χ2v) is 8.62. The van der Waals surface area contributed by atoms with E-state index in [4.69, 9.17) is 14.8 Å². The molecule has 1 saturated heterocycles. The predicted molar refractivity (Wildman–Crippen MR) is 131 cm³/mol. The van der Waals surface area contributed by atoms with Crippen LogP contribution in [-0.4, -0.2) is 37.9 Å². The number of rotatable bonds is 4. The minimum Gasteiger partial charge on any atom is -0.378 e. The molecule has 2 aliphatic heterocycles. The number of fused-ring (bicyclic) bond motifs is 1. The molecule has 3 aromatic rings. The Morgan fingerprint density at radius 3 is 2.30 bits per heavy atom. The molecule has 0 saturated carbocycles. The van der Waals surface area contributed by atoms with Gasteiger partial charge in [0.1, 0.15) is 5.82 Å². The quantitative estimate of drug-likeness (QED) is 0.603. The number of nitrogens with one attached hydrogen (secondary N) is 1. The molecule has 1 fully saturated rings. The van der Waals surface area contributed by atoms with E-state index in [0.717, 1.165) is 54.4 Å². The van der Waals surface area contributed by atoms with Gasteiger partial charge in [-0.3, -0.25) is 5.43 Å². The summed E-state index contributed by atoms with van der Waals surface area (Å²) >= 11 is 0. The summed E-state index contributed by atoms with van der Waals surface area (Å²) < 4.78 is 18.9. The number of benzene rings is 3. The molecule has 0 spiro atoms. The standard InChI is InChI=1S/C27H27FN4O/c1-18(2)21-7-12-25-24(17-21)26(30-31-27(29-25)20-3-8-22(28)9-4-20)19-5-10-23(11-6-19)32-13-15-33-16-14-32/h3-12,17-18H,13-16H2,1-2H3,(H,29,31). The number of hydrazone groups is 1. The Morgan fingerprint density at radius 1 is 0.909 bits per heavy atom. The van der Waals surface area contributed by atoms with Crippen molar-refractivity contribution < 1.29 is 9.13 Å². The number of nitrogens with zero attached hydrogens (tertiary/aromatic N) is 3. The van der Waals surface area contributed by atoms with Crippen LogP contribution in [0.15, 0.2) is 76.8 Å². The Morgan fingerprint density at radius 2 is 1.61 bits per heavy atom. The van der Waals surface area contributed by atoms with E-state index in [1.54, 1.807) is 12.1 Å². The highest BCUT2D eigenvalue weighted by Gasteiger charge is 2.19. The fourth-order valence-corrected chi connectivity index (χ4v) is 4.12. The molecule has 2 heterocycles. The number of halogens is 1. The van der Waals surface area contributed by atoms with Crippen molar-refractivity contribution in [3.8, 4) is 0 Å². The maximum atomic E-state index is 13.4. The second kappa shape index (κ2) is 9.16. The van der Waals surface area contributed by atoms with E-state index in [-0.39, 0.29) is 5.82 Å². The fourth-order valence-electron chi connectivity index (χ4n) is 4.12. The molecule has 0 radical (unpaired) electrons. The highest BCUT2D eigenvalue weighted by molar-refractivity contribution is 6.18. The first-order valence-corrected chi connectivity index (χ1v) is 11.3. The number of aliphatic imine (C=N–C) groups is 1. The number of morpholine rings is 1. The predicted octanol–water partition coefficient (Wildman–Crippen LogP) is 5.22. The average molecular weight is 443 g/mol. The second-order valence-electron chi connectivity index (χ2n) is 8.62. The molecule has 6 heteroatoms. The van der Waals surface area contributed by atoms with Crippen LogP contribution in [0.5, 0.6) is 0 Å². The fraction of sp³-hybridized carbons (Fsp3) is 0.259. The monoisotopic (exact) mass is 442 g/mol. The van der Waals surface area contributed by atoms with Crippen LogP contribution in [0.4, 0.5) is 15.8 Å². The zero-order chi connectivity index (χ0) is 22.8. The molecule has 0 unspecified atom stereocenters. The largest absolute Gasteiger partial charge is 0.378 e. The summed E-state index contributed by atoms with van der Waals surface area (Å²) in [6.07, 6.45) is 0. The molecule has 168 valence electrons. The van der Waals surface area contributed by atoms with Gasteiger partial charge in [0, 0.05) is 35.5 Å². The van der Waals surface area contributed by atoms with Crippen molar-refractivity contribution in [3.05, 3.63) is 94.8 Å². The Kier molecular flexibility index (Phi) is 5.92. The highest BCUT2D eigenvalue weighted by atomic mass is 19.1. The van der Waals surface area contributed by atoms with E-state index >= 15 is 0 Å². The van der Waals surface area contributed by atoms with Crippen molar-refractivity contribution in [1.82, 2.24) is 5.43 Å². The summed E-state index contributed by atoms with van der Waals surface area (Å²) in [5.41, 5.74) is 9.98. The lowest BCUT2D eigenvalue weighted by Crippen LogP contribution is -2.36. The number of ether oxygens (including phenoxy) is 1. The van der Waals surface area contributed by atoms with Crippen LogP contribution in [0.3, 0.4) is 0 Å². The van der Waals surface area contributed by atoms with Crippen molar-refractivity contribution in [1.29, 1.82) is 0 Å². The van der Waals surface area contributed by atoms with E-state index in [9.17, 15) is 4.39 Å². The van der Waals surface area contributed by atoms with Crippen LogP contribution < -0.4 is 10.3 Å². The highest BCUT2D eigenvalue weighted by Crippen LogP contribution is 2.30. The van der Waals surface area contributed by atoms with Crippen LogP contribution in [0.25, 0.3) is 0 Å². The van der Waals surface area contributed by atoms with Crippen molar-refractivity contribution in [2.45, 2.75) is 19.8 Å². The van der Waals surface area contributed by atoms with Crippen molar-refractivity contribution >= 4 is 22.9 Å². The van der Waals surface area contributed by atoms with Gasteiger partial charge in [0.25, 0.3) is 0 Å². The average Bonchev–Trinajstić information content (AvgIpc) is 3.04. The first-order chi connectivity index (χ1) is 16.1. The van der Waals surface area contributed by atoms with Gasteiger partial charge in [0.2, 0.25) is 0 Å². The van der Waals surface area contributed by atoms with Gasteiger partial charge in [0.15, 0.2) is 5.84 Å². The van der Waals surface area contributed by atoms with Crippen molar-refractivity contribution in [2.75, 3.05) is 31.2 Å². The molecular formula is C27H27FN4O.